The smallest absolute Gasteiger partial charge is 0.253 e. The number of rotatable bonds is 5. The van der Waals surface area contributed by atoms with Crippen molar-refractivity contribution in [3.8, 4) is 11.1 Å². The zero-order valence-corrected chi connectivity index (χ0v) is 18.3. The minimum Gasteiger partial charge on any atom is -0.348 e. The van der Waals surface area contributed by atoms with Gasteiger partial charge < -0.3 is 9.80 Å². The molecule has 164 valence electrons. The standard InChI is InChI=1S/C26H26FN3O2/c1-29(2)25(32)26(12-14-30(18-26)24(31)19-8-5-10-22(27)15-19)16-20-7-3-4-11-23(20)21-9-6-13-28-17-21/h3-11,13,15,17H,12,14,16,18H2,1-2H3/t26-/m0/s1. The maximum Gasteiger partial charge on any atom is 0.253 e. The van der Waals surface area contributed by atoms with Crippen LogP contribution in [0.2, 0.25) is 0 Å². The van der Waals surface area contributed by atoms with Crippen molar-refractivity contribution in [2.45, 2.75) is 12.8 Å². The molecule has 32 heavy (non-hydrogen) atoms. The highest BCUT2D eigenvalue weighted by Crippen LogP contribution is 2.39. The van der Waals surface area contributed by atoms with Crippen molar-refractivity contribution in [2.24, 2.45) is 5.41 Å². The molecule has 5 nitrogen and oxygen atoms in total. The van der Waals surface area contributed by atoms with Gasteiger partial charge in [-0.05, 0) is 48.2 Å². The molecule has 2 heterocycles. The van der Waals surface area contributed by atoms with Gasteiger partial charge in [-0.2, -0.15) is 0 Å². The highest BCUT2D eigenvalue weighted by atomic mass is 19.1. The number of benzene rings is 2. The summed E-state index contributed by atoms with van der Waals surface area (Å²) in [6.45, 7) is 0.741. The van der Waals surface area contributed by atoms with Crippen molar-refractivity contribution in [3.63, 3.8) is 0 Å². The Balaban J connectivity index is 1.67. The average molecular weight is 432 g/mol. The van der Waals surface area contributed by atoms with E-state index in [9.17, 15) is 14.0 Å². The minimum atomic E-state index is -0.745. The van der Waals surface area contributed by atoms with Crippen LogP contribution in [0.25, 0.3) is 11.1 Å². The van der Waals surface area contributed by atoms with Crippen molar-refractivity contribution in [1.29, 1.82) is 0 Å². The van der Waals surface area contributed by atoms with E-state index in [0.717, 1.165) is 16.7 Å². The SMILES string of the molecule is CN(C)C(=O)[C@]1(Cc2ccccc2-c2cccnc2)CCN(C(=O)c2cccc(F)c2)C1. The largest absolute Gasteiger partial charge is 0.348 e. The first kappa shape index (κ1) is 21.7. The third kappa shape index (κ3) is 4.26. The topological polar surface area (TPSA) is 53.5 Å². The first-order chi connectivity index (χ1) is 15.4. The van der Waals surface area contributed by atoms with Gasteiger partial charge in [0.25, 0.3) is 5.91 Å². The first-order valence-corrected chi connectivity index (χ1v) is 10.6. The van der Waals surface area contributed by atoms with E-state index >= 15 is 0 Å². The number of nitrogens with zero attached hydrogens (tertiary/aromatic N) is 3. The Morgan fingerprint density at radius 3 is 2.62 bits per heavy atom. The molecule has 6 heteroatoms. The van der Waals surface area contributed by atoms with Crippen LogP contribution in [0.5, 0.6) is 0 Å². The van der Waals surface area contributed by atoms with Crippen molar-refractivity contribution in [1.82, 2.24) is 14.8 Å². The molecule has 1 atom stereocenters. The number of carbonyl (C=O) groups is 2. The van der Waals surface area contributed by atoms with E-state index in [-0.39, 0.29) is 11.8 Å². The lowest BCUT2D eigenvalue weighted by Gasteiger charge is -2.32. The van der Waals surface area contributed by atoms with E-state index in [1.54, 1.807) is 36.2 Å². The molecule has 2 aromatic carbocycles. The Morgan fingerprint density at radius 1 is 1.09 bits per heavy atom. The number of aromatic nitrogens is 1. The molecule has 0 bridgehead atoms. The van der Waals surface area contributed by atoms with Gasteiger partial charge in [-0.1, -0.05) is 36.4 Å². The monoisotopic (exact) mass is 431 g/mol. The first-order valence-electron chi connectivity index (χ1n) is 10.6. The van der Waals surface area contributed by atoms with Gasteiger partial charge in [-0.15, -0.1) is 0 Å². The quantitative estimate of drug-likeness (QED) is 0.612. The van der Waals surface area contributed by atoms with Crippen LogP contribution < -0.4 is 0 Å². The van der Waals surface area contributed by atoms with Crippen LogP contribution in [-0.4, -0.2) is 53.8 Å². The number of amides is 2. The number of hydrogen-bond donors (Lipinski definition) is 0. The Bertz CT molecular complexity index is 1130. The number of pyridine rings is 1. The van der Waals surface area contributed by atoms with Crippen molar-refractivity contribution < 1.29 is 14.0 Å². The van der Waals surface area contributed by atoms with Gasteiger partial charge in [0.05, 0.1) is 5.41 Å². The minimum absolute atomic E-state index is 0.00645. The van der Waals surface area contributed by atoms with Crippen LogP contribution in [0.3, 0.4) is 0 Å². The molecule has 0 radical (unpaired) electrons. The fraction of sp³-hybridized carbons (Fsp3) is 0.269. The molecule has 3 aromatic rings. The highest BCUT2D eigenvalue weighted by Gasteiger charge is 2.47. The molecule has 0 spiro atoms. The molecule has 1 saturated heterocycles. The number of hydrogen-bond acceptors (Lipinski definition) is 3. The summed E-state index contributed by atoms with van der Waals surface area (Å²) in [5.41, 5.74) is 2.61. The number of likely N-dealkylation sites (tertiary alicyclic amines) is 1. The Morgan fingerprint density at radius 2 is 1.91 bits per heavy atom. The average Bonchev–Trinajstić information content (AvgIpc) is 3.24. The van der Waals surface area contributed by atoms with Crippen LogP contribution in [0.4, 0.5) is 4.39 Å². The third-order valence-electron chi connectivity index (χ3n) is 6.09. The van der Waals surface area contributed by atoms with Crippen LogP contribution >= 0.6 is 0 Å². The van der Waals surface area contributed by atoms with Gasteiger partial charge in [0.2, 0.25) is 5.91 Å². The second kappa shape index (κ2) is 8.91. The van der Waals surface area contributed by atoms with E-state index in [1.165, 1.54) is 18.2 Å². The summed E-state index contributed by atoms with van der Waals surface area (Å²) in [5, 5.41) is 0. The van der Waals surface area contributed by atoms with Gasteiger partial charge in [0, 0.05) is 50.7 Å². The lowest BCUT2D eigenvalue weighted by molar-refractivity contribution is -0.138. The maximum absolute atomic E-state index is 13.7. The second-order valence-corrected chi connectivity index (χ2v) is 8.54. The normalized spacial score (nSPS) is 17.9. The Hall–Kier alpha value is -3.54. The molecule has 0 unspecified atom stereocenters. The maximum atomic E-state index is 13.7. The second-order valence-electron chi connectivity index (χ2n) is 8.54. The third-order valence-corrected chi connectivity index (χ3v) is 6.09. The molecule has 4 rings (SSSR count). The van der Waals surface area contributed by atoms with Gasteiger partial charge in [0.15, 0.2) is 0 Å². The Labute approximate surface area is 187 Å². The molecular weight excluding hydrogens is 405 g/mol. The summed E-state index contributed by atoms with van der Waals surface area (Å²) < 4.78 is 13.7. The van der Waals surface area contributed by atoms with Gasteiger partial charge in [0.1, 0.15) is 5.82 Å². The summed E-state index contributed by atoms with van der Waals surface area (Å²) in [7, 11) is 3.49. The van der Waals surface area contributed by atoms with Crippen LogP contribution in [-0.2, 0) is 11.2 Å². The molecule has 1 fully saturated rings. The molecule has 1 aromatic heterocycles. The van der Waals surface area contributed by atoms with E-state index in [1.807, 2.05) is 42.6 Å². The number of halogens is 1. The molecule has 1 aliphatic heterocycles. The van der Waals surface area contributed by atoms with Crippen LogP contribution in [0.15, 0.2) is 73.1 Å². The predicted octanol–water partition coefficient (Wildman–Crippen LogP) is 4.05. The van der Waals surface area contributed by atoms with E-state index in [0.29, 0.717) is 31.5 Å². The van der Waals surface area contributed by atoms with E-state index in [2.05, 4.69) is 4.98 Å². The molecular formula is C26H26FN3O2. The lowest BCUT2D eigenvalue weighted by Crippen LogP contribution is -2.44. The molecule has 1 aliphatic rings. The van der Waals surface area contributed by atoms with Crippen molar-refractivity contribution in [2.75, 3.05) is 27.2 Å². The zero-order chi connectivity index (χ0) is 22.7. The van der Waals surface area contributed by atoms with E-state index < -0.39 is 11.2 Å². The summed E-state index contributed by atoms with van der Waals surface area (Å²) >= 11 is 0. The van der Waals surface area contributed by atoms with Crippen molar-refractivity contribution in [3.05, 3.63) is 90.0 Å². The van der Waals surface area contributed by atoms with Crippen LogP contribution in [0, 0.1) is 11.2 Å². The van der Waals surface area contributed by atoms with Gasteiger partial charge in [-0.3, -0.25) is 14.6 Å². The summed E-state index contributed by atoms with van der Waals surface area (Å²) in [4.78, 5) is 33.9. The summed E-state index contributed by atoms with van der Waals surface area (Å²) in [6, 6.07) is 17.6. The van der Waals surface area contributed by atoms with Gasteiger partial charge in [-0.25, -0.2) is 4.39 Å². The molecule has 0 saturated carbocycles. The molecule has 2 amide bonds. The fourth-order valence-corrected chi connectivity index (χ4v) is 4.56. The fourth-order valence-electron chi connectivity index (χ4n) is 4.56. The Kier molecular flexibility index (Phi) is 6.04. The highest BCUT2D eigenvalue weighted by molar-refractivity contribution is 5.95. The summed E-state index contributed by atoms with van der Waals surface area (Å²) in [6.07, 6.45) is 4.60. The van der Waals surface area contributed by atoms with Crippen molar-refractivity contribution >= 4 is 11.8 Å². The van der Waals surface area contributed by atoms with Crippen LogP contribution in [0.1, 0.15) is 22.3 Å². The number of carbonyl (C=O) groups excluding carboxylic acids is 2. The molecule has 0 aliphatic carbocycles. The van der Waals surface area contributed by atoms with Gasteiger partial charge >= 0.3 is 0 Å². The predicted molar refractivity (Wildman–Crippen MR) is 121 cm³/mol. The lowest BCUT2D eigenvalue weighted by atomic mass is 9.78. The zero-order valence-electron chi connectivity index (χ0n) is 18.3. The summed E-state index contributed by atoms with van der Waals surface area (Å²) in [5.74, 6) is -0.706. The van der Waals surface area contributed by atoms with E-state index in [4.69, 9.17) is 0 Å². The molecule has 0 N–H and O–H groups in total.